The molecule has 0 saturated carbocycles. The van der Waals surface area contributed by atoms with Gasteiger partial charge in [0, 0.05) is 30.3 Å². The number of nitrogens with zero attached hydrogens (tertiary/aromatic N) is 1. The van der Waals surface area contributed by atoms with Gasteiger partial charge in [-0.1, -0.05) is 12.1 Å². The summed E-state index contributed by atoms with van der Waals surface area (Å²) in [6.45, 7) is 0. The minimum absolute atomic E-state index is 0.0788. The zero-order chi connectivity index (χ0) is 16.7. The normalized spacial score (nSPS) is 29.5. The van der Waals surface area contributed by atoms with Crippen LogP contribution in [0, 0.1) is 11.8 Å². The number of hydrogen-bond acceptors (Lipinski definition) is 4. The number of benzene rings is 2. The van der Waals surface area contributed by atoms with E-state index in [1.165, 1.54) is 4.90 Å². The number of likely N-dealkylation sites (tertiary alicyclic amines) is 1. The Morgan fingerprint density at radius 3 is 1.62 bits per heavy atom. The van der Waals surface area contributed by atoms with Crippen molar-refractivity contribution in [1.29, 1.82) is 0 Å². The Hall–Kier alpha value is -2.82. The fraction of sp³-hybridized carbons (Fsp3) is 0.263. The van der Waals surface area contributed by atoms with E-state index < -0.39 is 0 Å². The highest BCUT2D eigenvalue weighted by molar-refractivity contribution is 6.07. The zero-order valence-corrected chi connectivity index (χ0v) is 13.2. The number of carbonyl (C=O) groups is 2. The average molecular weight is 319 g/mol. The molecule has 1 aliphatic heterocycles. The zero-order valence-electron chi connectivity index (χ0n) is 13.2. The van der Waals surface area contributed by atoms with Gasteiger partial charge >= 0.3 is 0 Å². The molecule has 5 nitrogen and oxygen atoms in total. The van der Waals surface area contributed by atoms with Gasteiger partial charge in [-0.2, -0.15) is 0 Å². The molecule has 3 aliphatic carbocycles. The highest BCUT2D eigenvalue weighted by Crippen LogP contribution is 2.61. The summed E-state index contributed by atoms with van der Waals surface area (Å²) in [6, 6.07) is 11.7. The smallest absolute Gasteiger partial charge is 0.233 e. The second-order valence-corrected chi connectivity index (χ2v) is 7.02. The number of carbonyl (C=O) groups excluding carboxylic acids is 2. The van der Waals surface area contributed by atoms with Gasteiger partial charge in [0.1, 0.15) is 0 Å². The number of hydrogen-bond donors (Lipinski definition) is 2. The lowest BCUT2D eigenvalue weighted by Crippen LogP contribution is -2.41. The van der Waals surface area contributed by atoms with E-state index in [0.717, 1.165) is 22.3 Å². The van der Waals surface area contributed by atoms with Crippen molar-refractivity contribution in [2.45, 2.75) is 11.8 Å². The van der Waals surface area contributed by atoms with Crippen molar-refractivity contribution >= 4 is 23.2 Å². The molecule has 2 atom stereocenters. The molecule has 120 valence electrons. The molecule has 0 unspecified atom stereocenters. The monoisotopic (exact) mass is 319 g/mol. The Morgan fingerprint density at radius 2 is 1.17 bits per heavy atom. The van der Waals surface area contributed by atoms with E-state index in [9.17, 15) is 9.59 Å². The van der Waals surface area contributed by atoms with Gasteiger partial charge in [-0.3, -0.25) is 14.5 Å². The molecule has 6 rings (SSSR count). The quantitative estimate of drug-likeness (QED) is 0.571. The van der Waals surface area contributed by atoms with Crippen LogP contribution in [-0.2, 0) is 9.59 Å². The van der Waals surface area contributed by atoms with Crippen molar-refractivity contribution in [3.8, 4) is 0 Å². The molecular formula is C19H17N3O2. The highest BCUT2D eigenvalue weighted by Gasteiger charge is 2.60. The molecule has 1 heterocycles. The first-order valence-corrected chi connectivity index (χ1v) is 8.09. The summed E-state index contributed by atoms with van der Waals surface area (Å²) in [6.07, 6.45) is 0. The van der Waals surface area contributed by atoms with Crippen molar-refractivity contribution in [2.24, 2.45) is 11.8 Å². The van der Waals surface area contributed by atoms with Crippen LogP contribution in [-0.4, -0.2) is 23.8 Å². The Balaban J connectivity index is 1.86. The van der Waals surface area contributed by atoms with Gasteiger partial charge in [0.2, 0.25) is 11.8 Å². The molecule has 2 aromatic carbocycles. The van der Waals surface area contributed by atoms with E-state index in [1.807, 2.05) is 36.4 Å². The first-order valence-electron chi connectivity index (χ1n) is 8.09. The third-order valence-electron chi connectivity index (χ3n) is 5.90. The lowest BCUT2D eigenvalue weighted by molar-refractivity contribution is -0.138. The molecule has 4 N–H and O–H groups in total. The van der Waals surface area contributed by atoms with Gasteiger partial charge in [0.25, 0.3) is 0 Å². The van der Waals surface area contributed by atoms with Crippen molar-refractivity contribution in [2.75, 3.05) is 18.5 Å². The fourth-order valence-corrected chi connectivity index (χ4v) is 4.96. The second kappa shape index (κ2) is 4.17. The van der Waals surface area contributed by atoms with E-state index in [-0.39, 0.29) is 35.5 Å². The van der Waals surface area contributed by atoms with E-state index in [2.05, 4.69) is 0 Å². The van der Waals surface area contributed by atoms with Gasteiger partial charge in [-0.15, -0.1) is 0 Å². The van der Waals surface area contributed by atoms with Crippen LogP contribution < -0.4 is 11.5 Å². The maximum absolute atomic E-state index is 12.8. The molecule has 24 heavy (non-hydrogen) atoms. The fourth-order valence-electron chi connectivity index (χ4n) is 4.96. The van der Waals surface area contributed by atoms with Crippen LogP contribution in [0.1, 0.15) is 34.1 Å². The molecule has 0 aromatic heterocycles. The number of nitrogens with two attached hydrogens (primary N) is 2. The summed E-state index contributed by atoms with van der Waals surface area (Å²) in [7, 11) is 1.58. The lowest BCUT2D eigenvalue weighted by Gasteiger charge is -2.46. The summed E-state index contributed by atoms with van der Waals surface area (Å²) >= 11 is 0. The molecule has 4 aliphatic rings. The first kappa shape index (κ1) is 13.6. The lowest BCUT2D eigenvalue weighted by atomic mass is 9.55. The maximum Gasteiger partial charge on any atom is 0.233 e. The van der Waals surface area contributed by atoms with Crippen LogP contribution in [0.3, 0.4) is 0 Å². The van der Waals surface area contributed by atoms with Gasteiger partial charge in [0.15, 0.2) is 0 Å². The maximum atomic E-state index is 12.8. The third kappa shape index (κ3) is 1.40. The van der Waals surface area contributed by atoms with Crippen molar-refractivity contribution < 1.29 is 9.59 Å². The summed E-state index contributed by atoms with van der Waals surface area (Å²) in [5.74, 6) is -1.10. The summed E-state index contributed by atoms with van der Waals surface area (Å²) in [4.78, 5) is 26.8. The average Bonchev–Trinajstić information content (AvgIpc) is 2.79. The number of nitrogen functional groups attached to an aromatic ring is 2. The number of rotatable bonds is 0. The molecule has 5 heteroatoms. The van der Waals surface area contributed by atoms with Gasteiger partial charge in [0.05, 0.1) is 11.8 Å². The van der Waals surface area contributed by atoms with Gasteiger partial charge in [-0.25, -0.2) is 0 Å². The topological polar surface area (TPSA) is 89.4 Å². The van der Waals surface area contributed by atoms with Crippen LogP contribution in [0.15, 0.2) is 36.4 Å². The second-order valence-electron chi connectivity index (χ2n) is 7.02. The van der Waals surface area contributed by atoms with Gasteiger partial charge in [-0.05, 0) is 46.5 Å². The van der Waals surface area contributed by atoms with E-state index in [1.54, 1.807) is 7.05 Å². The van der Waals surface area contributed by atoms with Crippen molar-refractivity contribution in [3.05, 3.63) is 58.7 Å². The number of imide groups is 1. The largest absolute Gasteiger partial charge is 0.399 e. The highest BCUT2D eigenvalue weighted by atomic mass is 16.2. The summed E-state index contributed by atoms with van der Waals surface area (Å²) < 4.78 is 0. The van der Waals surface area contributed by atoms with Crippen LogP contribution in [0.2, 0.25) is 0 Å². The first-order chi connectivity index (χ1) is 11.5. The summed E-state index contributed by atoms with van der Waals surface area (Å²) in [5, 5.41) is 0. The molecule has 0 spiro atoms. The SMILES string of the molecule is CN1C(=O)[C@@H]2C3c4ccc(N)cc4C(c4cc(N)ccc43)[C@@H]2C1=O. The summed E-state index contributed by atoms with van der Waals surface area (Å²) in [5.41, 5.74) is 17.7. The van der Waals surface area contributed by atoms with Crippen LogP contribution in [0.5, 0.6) is 0 Å². The van der Waals surface area contributed by atoms with E-state index in [0.29, 0.717) is 11.4 Å². The Morgan fingerprint density at radius 1 is 0.750 bits per heavy atom. The molecule has 2 amide bonds. The minimum Gasteiger partial charge on any atom is -0.399 e. The Bertz CT molecular complexity index is 883. The van der Waals surface area contributed by atoms with E-state index in [4.69, 9.17) is 11.5 Å². The Labute approximate surface area is 139 Å². The van der Waals surface area contributed by atoms with Crippen LogP contribution >= 0.6 is 0 Å². The van der Waals surface area contributed by atoms with E-state index >= 15 is 0 Å². The molecular weight excluding hydrogens is 302 g/mol. The molecule has 1 fully saturated rings. The van der Waals surface area contributed by atoms with Crippen LogP contribution in [0.4, 0.5) is 11.4 Å². The van der Waals surface area contributed by atoms with Crippen molar-refractivity contribution in [3.63, 3.8) is 0 Å². The predicted molar refractivity (Wildman–Crippen MR) is 90.2 cm³/mol. The molecule has 1 saturated heterocycles. The van der Waals surface area contributed by atoms with Gasteiger partial charge < -0.3 is 11.5 Å². The standard InChI is InChI=1S/C19H17N3O2/c1-22-18(23)16-14-10-4-2-8(20)6-12(10)15(17(16)19(22)24)13-7-9(21)3-5-11(13)14/h2-7,14-17H,20-21H2,1H3/t14?,15?,16-,17+/m1/s1. The molecule has 0 radical (unpaired) electrons. The molecule has 2 aromatic rings. The molecule has 2 bridgehead atoms. The van der Waals surface area contributed by atoms with Crippen LogP contribution in [0.25, 0.3) is 0 Å². The third-order valence-corrected chi connectivity index (χ3v) is 5.90. The van der Waals surface area contributed by atoms with Crippen molar-refractivity contribution in [1.82, 2.24) is 4.90 Å². The number of anilines is 2. The number of amides is 2. The Kier molecular flexibility index (Phi) is 2.37. The predicted octanol–water partition coefficient (Wildman–Crippen LogP) is 1.67. The minimum atomic E-state index is -0.351.